The molecule has 0 saturated carbocycles. The van der Waals surface area contributed by atoms with Gasteiger partial charge < -0.3 is 16.0 Å². The number of rotatable bonds is 1. The van der Waals surface area contributed by atoms with E-state index >= 15 is 0 Å². The molecule has 2 fully saturated rings. The Balaban J connectivity index is 1.55. The molecule has 2 heterocycles. The smallest absolute Gasteiger partial charge is 0.0874 e. The van der Waals surface area contributed by atoms with Crippen LogP contribution in [0.2, 0.25) is 0 Å². The van der Waals surface area contributed by atoms with Crippen LogP contribution >= 0.6 is 0 Å². The van der Waals surface area contributed by atoms with Gasteiger partial charge in [0.15, 0.2) is 0 Å². The van der Waals surface area contributed by atoms with Crippen LogP contribution in [0.25, 0.3) is 21.5 Å². The van der Waals surface area contributed by atoms with Gasteiger partial charge in [0.25, 0.3) is 0 Å². The Bertz CT molecular complexity index is 918. The van der Waals surface area contributed by atoms with Crippen molar-refractivity contribution in [2.24, 2.45) is 0 Å². The Hall–Kier alpha value is -2.02. The van der Waals surface area contributed by atoms with E-state index in [1.165, 1.54) is 27.1 Å². The summed E-state index contributed by atoms with van der Waals surface area (Å²) < 4.78 is 0. The first-order valence-electron chi connectivity index (χ1n) is 10.9. The van der Waals surface area contributed by atoms with Crippen molar-refractivity contribution in [3.8, 4) is 0 Å². The summed E-state index contributed by atoms with van der Waals surface area (Å²) >= 11 is 0. The van der Waals surface area contributed by atoms with E-state index in [0.29, 0.717) is 6.04 Å². The van der Waals surface area contributed by atoms with E-state index in [-0.39, 0.29) is 6.17 Å². The van der Waals surface area contributed by atoms with Gasteiger partial charge in [0.2, 0.25) is 0 Å². The van der Waals surface area contributed by atoms with Gasteiger partial charge >= 0.3 is 0 Å². The first-order chi connectivity index (χ1) is 14.4. The predicted molar refractivity (Wildman–Crippen MR) is 121 cm³/mol. The van der Waals surface area contributed by atoms with Crippen molar-refractivity contribution >= 4 is 21.5 Å². The molecule has 0 amide bonds. The third kappa shape index (κ3) is 4.02. The van der Waals surface area contributed by atoms with Crippen LogP contribution in [0, 0.1) is 0 Å². The lowest BCUT2D eigenvalue weighted by Gasteiger charge is -2.42. The molecule has 29 heavy (non-hydrogen) atoms. The molecule has 5 nitrogen and oxygen atoms in total. The zero-order valence-corrected chi connectivity index (χ0v) is 17.0. The fraction of sp³-hybridized carbons (Fsp3) is 0.417. The van der Waals surface area contributed by atoms with Crippen molar-refractivity contribution in [1.82, 2.24) is 26.2 Å². The van der Waals surface area contributed by atoms with Crippen LogP contribution in [0.15, 0.2) is 54.6 Å². The van der Waals surface area contributed by atoms with E-state index in [2.05, 4.69) is 80.8 Å². The average molecular weight is 390 g/mol. The molecule has 2 aliphatic heterocycles. The van der Waals surface area contributed by atoms with Crippen molar-refractivity contribution in [3.63, 3.8) is 0 Å². The Morgan fingerprint density at radius 1 is 0.724 bits per heavy atom. The SMILES string of the molecule is c1ccc2c(C3NCC4CN3CCNCCNCCN4)c3ccccc3cc2c1. The van der Waals surface area contributed by atoms with E-state index in [0.717, 1.165) is 52.4 Å². The van der Waals surface area contributed by atoms with Crippen molar-refractivity contribution < 1.29 is 0 Å². The first kappa shape index (κ1) is 19.0. The summed E-state index contributed by atoms with van der Waals surface area (Å²) in [5.41, 5.74) is 1.42. The molecule has 3 atom stereocenters. The van der Waals surface area contributed by atoms with Crippen LogP contribution in [0.5, 0.6) is 0 Å². The minimum Gasteiger partial charge on any atom is -0.314 e. The van der Waals surface area contributed by atoms with Gasteiger partial charge in [-0.1, -0.05) is 48.5 Å². The monoisotopic (exact) mass is 389 g/mol. The third-order valence-electron chi connectivity index (χ3n) is 6.25. The molecular weight excluding hydrogens is 358 g/mol. The fourth-order valence-electron chi connectivity index (χ4n) is 4.84. The fourth-order valence-corrected chi connectivity index (χ4v) is 4.84. The Morgan fingerprint density at radius 2 is 1.38 bits per heavy atom. The molecule has 2 saturated heterocycles. The molecule has 5 heteroatoms. The van der Waals surface area contributed by atoms with E-state index in [9.17, 15) is 0 Å². The van der Waals surface area contributed by atoms with Crippen LogP contribution in [-0.2, 0) is 0 Å². The molecule has 0 aromatic heterocycles. The second-order valence-electron chi connectivity index (χ2n) is 8.19. The molecule has 3 aromatic carbocycles. The number of fused-ring (bicyclic) bond motifs is 4. The van der Waals surface area contributed by atoms with Gasteiger partial charge in [0.05, 0.1) is 6.17 Å². The number of benzene rings is 3. The van der Waals surface area contributed by atoms with E-state index in [4.69, 9.17) is 0 Å². The molecule has 2 aliphatic rings. The highest BCUT2D eigenvalue weighted by Gasteiger charge is 2.30. The summed E-state index contributed by atoms with van der Waals surface area (Å²) in [6, 6.07) is 20.5. The van der Waals surface area contributed by atoms with Gasteiger partial charge in [-0.25, -0.2) is 0 Å². The highest BCUT2D eigenvalue weighted by molar-refractivity contribution is 6.02. The maximum atomic E-state index is 3.89. The maximum absolute atomic E-state index is 3.89. The Kier molecular flexibility index (Phi) is 5.74. The third-order valence-corrected chi connectivity index (χ3v) is 6.25. The van der Waals surface area contributed by atoms with Gasteiger partial charge in [-0.3, -0.25) is 10.2 Å². The van der Waals surface area contributed by atoms with E-state index < -0.39 is 0 Å². The van der Waals surface area contributed by atoms with Gasteiger partial charge in [0, 0.05) is 58.4 Å². The number of nitrogens with zero attached hydrogens (tertiary/aromatic N) is 1. The van der Waals surface area contributed by atoms with Crippen LogP contribution in [0.3, 0.4) is 0 Å². The lowest BCUT2D eigenvalue weighted by Crippen LogP contribution is -2.58. The largest absolute Gasteiger partial charge is 0.314 e. The molecule has 152 valence electrons. The van der Waals surface area contributed by atoms with E-state index in [1.807, 2.05) is 0 Å². The summed E-state index contributed by atoms with van der Waals surface area (Å²) in [6.07, 6.45) is 0.229. The molecule has 2 bridgehead atoms. The average Bonchev–Trinajstić information content (AvgIpc) is 2.76. The minimum atomic E-state index is 0.229. The number of hydrogen-bond donors (Lipinski definition) is 4. The topological polar surface area (TPSA) is 51.4 Å². The van der Waals surface area contributed by atoms with Crippen LogP contribution in [-0.4, -0.2) is 63.3 Å². The van der Waals surface area contributed by atoms with Crippen molar-refractivity contribution in [3.05, 3.63) is 60.2 Å². The number of nitrogens with one attached hydrogen (secondary N) is 4. The lowest BCUT2D eigenvalue weighted by molar-refractivity contribution is 0.109. The lowest BCUT2D eigenvalue weighted by atomic mass is 9.93. The zero-order chi connectivity index (χ0) is 19.5. The highest BCUT2D eigenvalue weighted by atomic mass is 15.3. The van der Waals surface area contributed by atoms with E-state index in [1.54, 1.807) is 0 Å². The van der Waals surface area contributed by atoms with Gasteiger partial charge in [-0.05, 0) is 33.2 Å². The predicted octanol–water partition coefficient (Wildman–Crippen LogP) is 2.05. The summed E-state index contributed by atoms with van der Waals surface area (Å²) in [5, 5.41) is 20.1. The Labute approximate surface area is 172 Å². The van der Waals surface area contributed by atoms with Gasteiger partial charge in [0.1, 0.15) is 0 Å². The summed E-state index contributed by atoms with van der Waals surface area (Å²) in [7, 11) is 0. The highest BCUT2D eigenvalue weighted by Crippen LogP contribution is 2.35. The summed E-state index contributed by atoms with van der Waals surface area (Å²) in [6.45, 7) is 8.19. The quantitative estimate of drug-likeness (QED) is 0.480. The first-order valence-corrected chi connectivity index (χ1v) is 10.9. The van der Waals surface area contributed by atoms with Gasteiger partial charge in [-0.15, -0.1) is 0 Å². The standard InChI is InChI=1S/C24H31N5/c1-3-7-21-18(5-1)15-19-6-2-4-8-22(19)23(21)24-28-16-20-17-29(24)14-13-26-10-9-25-11-12-27-20/h1-8,15,20,24-28H,9-14,16-17H2. The second-order valence-corrected chi connectivity index (χ2v) is 8.19. The van der Waals surface area contributed by atoms with Crippen LogP contribution in [0.4, 0.5) is 0 Å². The molecule has 3 aromatic rings. The van der Waals surface area contributed by atoms with Crippen LogP contribution < -0.4 is 21.3 Å². The molecule has 0 aliphatic carbocycles. The Morgan fingerprint density at radius 3 is 2.14 bits per heavy atom. The molecule has 0 spiro atoms. The maximum Gasteiger partial charge on any atom is 0.0874 e. The van der Waals surface area contributed by atoms with Gasteiger partial charge in [-0.2, -0.15) is 0 Å². The number of hydrogen-bond acceptors (Lipinski definition) is 5. The molecule has 3 unspecified atom stereocenters. The minimum absolute atomic E-state index is 0.229. The molecule has 4 N–H and O–H groups in total. The molecule has 5 rings (SSSR count). The van der Waals surface area contributed by atoms with Crippen molar-refractivity contribution in [2.75, 3.05) is 52.4 Å². The van der Waals surface area contributed by atoms with Crippen molar-refractivity contribution in [1.29, 1.82) is 0 Å². The molecular formula is C24H31N5. The summed E-state index contributed by atoms with van der Waals surface area (Å²) in [5.74, 6) is 0. The second kappa shape index (κ2) is 8.78. The van der Waals surface area contributed by atoms with Crippen molar-refractivity contribution in [2.45, 2.75) is 12.2 Å². The molecule has 0 radical (unpaired) electrons. The van der Waals surface area contributed by atoms with Crippen LogP contribution in [0.1, 0.15) is 11.7 Å². The normalized spacial score (nSPS) is 26.7. The zero-order valence-electron chi connectivity index (χ0n) is 17.0. The summed E-state index contributed by atoms with van der Waals surface area (Å²) in [4.78, 5) is 2.62.